The van der Waals surface area contributed by atoms with Crippen LogP contribution in [0.2, 0.25) is 0 Å². The van der Waals surface area contributed by atoms with E-state index in [0.29, 0.717) is 0 Å². The van der Waals surface area contributed by atoms with Gasteiger partial charge in [0.25, 0.3) is 0 Å². The molecule has 0 unspecified atom stereocenters. The van der Waals surface area contributed by atoms with E-state index in [1.165, 1.54) is 51.4 Å². The summed E-state index contributed by atoms with van der Waals surface area (Å²) in [5, 5.41) is 1.23. The summed E-state index contributed by atoms with van der Waals surface area (Å²) in [4.78, 5) is 7.40. The lowest BCUT2D eigenvalue weighted by Crippen LogP contribution is -2.29. The number of benzene rings is 1. The van der Waals surface area contributed by atoms with Gasteiger partial charge in [0.1, 0.15) is 5.01 Å². The number of rotatable bonds is 3. The van der Waals surface area contributed by atoms with Crippen molar-refractivity contribution in [1.29, 1.82) is 0 Å². The first-order valence-electron chi connectivity index (χ1n) is 7.47. The molecule has 0 bridgehead atoms. The van der Waals surface area contributed by atoms with Gasteiger partial charge in [0.05, 0.1) is 10.2 Å². The van der Waals surface area contributed by atoms with Crippen LogP contribution < -0.4 is 0 Å². The average molecular weight is 286 g/mol. The van der Waals surface area contributed by atoms with Gasteiger partial charge in [-0.3, -0.25) is 4.90 Å². The molecule has 0 aliphatic carbocycles. The quantitative estimate of drug-likeness (QED) is 0.830. The maximum atomic E-state index is 4.88. The molecule has 1 aromatic heterocycles. The van der Waals surface area contributed by atoms with Crippen LogP contribution in [0.1, 0.15) is 35.9 Å². The Morgan fingerprint density at radius 1 is 1.30 bits per heavy atom. The van der Waals surface area contributed by atoms with Gasteiger partial charge in [0.15, 0.2) is 0 Å². The maximum Gasteiger partial charge on any atom is 0.120 e. The molecule has 1 aromatic carbocycles. The van der Waals surface area contributed by atoms with Gasteiger partial charge in [-0.05, 0) is 56.0 Å². The van der Waals surface area contributed by atoms with E-state index in [0.717, 1.165) is 13.0 Å². The highest BCUT2D eigenvalue weighted by Crippen LogP contribution is 2.32. The molecule has 0 N–H and O–H groups in total. The third-order valence-electron chi connectivity index (χ3n) is 3.94. The average Bonchev–Trinajstić information content (AvgIpc) is 2.84. The highest BCUT2D eigenvalue weighted by molar-refractivity contribution is 7.19. The van der Waals surface area contributed by atoms with Gasteiger partial charge in [-0.2, -0.15) is 0 Å². The van der Waals surface area contributed by atoms with Gasteiger partial charge in [0.2, 0.25) is 0 Å². The fraction of sp³-hybridized carbons (Fsp3) is 0.471. The summed E-state index contributed by atoms with van der Waals surface area (Å²) in [5.74, 6) is 0. The summed E-state index contributed by atoms with van der Waals surface area (Å²) in [5.41, 5.74) is 5.26. The van der Waals surface area contributed by atoms with E-state index in [2.05, 4.69) is 43.9 Å². The molecule has 20 heavy (non-hydrogen) atoms. The Hall–Kier alpha value is -1.19. The lowest BCUT2D eigenvalue weighted by molar-refractivity contribution is 0.302. The number of aryl methyl sites for hydroxylation is 2. The minimum absolute atomic E-state index is 1.08. The highest BCUT2D eigenvalue weighted by atomic mass is 32.1. The number of hydrogen-bond acceptors (Lipinski definition) is 3. The topological polar surface area (TPSA) is 16.1 Å². The molecule has 0 saturated heterocycles. The molecule has 2 nitrogen and oxygen atoms in total. The lowest BCUT2D eigenvalue weighted by atomic mass is 10.1. The van der Waals surface area contributed by atoms with E-state index >= 15 is 0 Å². The van der Waals surface area contributed by atoms with Crippen molar-refractivity contribution in [2.45, 2.75) is 33.6 Å². The van der Waals surface area contributed by atoms with Crippen molar-refractivity contribution in [2.24, 2.45) is 0 Å². The molecule has 0 radical (unpaired) electrons. The Morgan fingerprint density at radius 2 is 2.15 bits per heavy atom. The first-order valence-corrected chi connectivity index (χ1v) is 8.28. The monoisotopic (exact) mass is 286 g/mol. The van der Waals surface area contributed by atoms with Crippen molar-refractivity contribution >= 4 is 27.1 Å². The normalized spacial score (nSPS) is 16.6. The van der Waals surface area contributed by atoms with Crippen molar-refractivity contribution in [2.75, 3.05) is 19.6 Å². The summed E-state index contributed by atoms with van der Waals surface area (Å²) in [6.07, 6.45) is 4.75. The third kappa shape index (κ3) is 2.65. The van der Waals surface area contributed by atoms with Crippen molar-refractivity contribution in [1.82, 2.24) is 9.88 Å². The fourth-order valence-electron chi connectivity index (χ4n) is 2.93. The molecule has 3 heteroatoms. The molecule has 0 spiro atoms. The first kappa shape index (κ1) is 13.8. The molecular formula is C17H22N2S. The Kier molecular flexibility index (Phi) is 3.90. The number of hydrogen-bond donors (Lipinski definition) is 0. The largest absolute Gasteiger partial charge is 0.299 e. The Balaban J connectivity index is 1.90. The molecular weight excluding hydrogens is 264 g/mol. The Labute approximate surface area is 125 Å². The summed E-state index contributed by atoms with van der Waals surface area (Å²) >= 11 is 1.85. The van der Waals surface area contributed by atoms with Crippen LogP contribution in [0.5, 0.6) is 0 Å². The molecule has 0 saturated carbocycles. The molecule has 2 heterocycles. The van der Waals surface area contributed by atoms with E-state index < -0.39 is 0 Å². The zero-order chi connectivity index (χ0) is 14.1. The Bertz CT molecular complexity index is 654. The van der Waals surface area contributed by atoms with E-state index in [1.54, 1.807) is 0 Å². The van der Waals surface area contributed by atoms with E-state index in [4.69, 9.17) is 4.98 Å². The van der Waals surface area contributed by atoms with Gasteiger partial charge in [-0.25, -0.2) is 4.98 Å². The highest BCUT2D eigenvalue weighted by Gasteiger charge is 2.16. The second-order valence-electron chi connectivity index (χ2n) is 5.73. The number of thiazole rings is 1. The summed E-state index contributed by atoms with van der Waals surface area (Å²) in [6.45, 7) is 10.0. The van der Waals surface area contributed by atoms with Crippen LogP contribution in [0.4, 0.5) is 0 Å². The van der Waals surface area contributed by atoms with Crippen molar-refractivity contribution < 1.29 is 0 Å². The van der Waals surface area contributed by atoms with Crippen molar-refractivity contribution in [3.8, 4) is 0 Å². The number of aromatic nitrogens is 1. The van der Waals surface area contributed by atoms with Crippen LogP contribution in [-0.4, -0.2) is 29.5 Å². The third-order valence-corrected chi connectivity index (χ3v) is 5.02. The maximum absolute atomic E-state index is 4.88. The molecule has 0 amide bonds. The van der Waals surface area contributed by atoms with Crippen LogP contribution >= 0.6 is 11.3 Å². The zero-order valence-corrected chi connectivity index (χ0v) is 13.4. The minimum atomic E-state index is 1.08. The molecule has 106 valence electrons. The molecule has 0 atom stereocenters. The summed E-state index contributed by atoms with van der Waals surface area (Å²) in [6, 6.07) is 4.49. The predicted molar refractivity (Wildman–Crippen MR) is 88.4 cm³/mol. The van der Waals surface area contributed by atoms with E-state index in [9.17, 15) is 0 Å². The van der Waals surface area contributed by atoms with Crippen LogP contribution in [-0.2, 0) is 0 Å². The van der Waals surface area contributed by atoms with Crippen molar-refractivity contribution in [3.63, 3.8) is 0 Å². The van der Waals surface area contributed by atoms with Gasteiger partial charge < -0.3 is 0 Å². The second-order valence-corrected chi connectivity index (χ2v) is 6.76. The Morgan fingerprint density at radius 3 is 2.85 bits per heavy atom. The molecule has 2 aromatic rings. The van der Waals surface area contributed by atoms with Crippen LogP contribution in [0.25, 0.3) is 15.8 Å². The first-order chi connectivity index (χ1) is 9.67. The van der Waals surface area contributed by atoms with Gasteiger partial charge in [-0.1, -0.05) is 19.1 Å². The fourth-order valence-corrected chi connectivity index (χ4v) is 4.14. The molecule has 3 rings (SSSR count). The van der Waals surface area contributed by atoms with Gasteiger partial charge >= 0.3 is 0 Å². The molecule has 1 aliphatic heterocycles. The van der Waals surface area contributed by atoms with Crippen LogP contribution in [0.15, 0.2) is 18.2 Å². The minimum Gasteiger partial charge on any atom is -0.299 e. The predicted octanol–water partition coefficient (Wildman–Crippen LogP) is 4.41. The smallest absolute Gasteiger partial charge is 0.120 e. The van der Waals surface area contributed by atoms with Crippen LogP contribution in [0.3, 0.4) is 0 Å². The zero-order valence-electron chi connectivity index (χ0n) is 12.6. The molecule has 0 fully saturated rings. The second kappa shape index (κ2) is 5.66. The number of nitrogens with zero attached hydrogens (tertiary/aromatic N) is 2. The lowest BCUT2D eigenvalue weighted by Gasteiger charge is -2.24. The van der Waals surface area contributed by atoms with E-state index in [1.807, 2.05) is 11.3 Å². The summed E-state index contributed by atoms with van der Waals surface area (Å²) in [7, 11) is 0. The standard InChI is InChI=1S/C17H22N2S/c1-4-7-19-8-5-14(6-9-19)17-18-16-13(3)10-12(2)11-15(16)20-17/h5,10-11H,4,6-9H2,1-3H3. The van der Waals surface area contributed by atoms with Gasteiger partial charge in [-0.15, -0.1) is 11.3 Å². The summed E-state index contributed by atoms with van der Waals surface area (Å²) < 4.78 is 1.33. The van der Waals surface area contributed by atoms with Gasteiger partial charge in [0, 0.05) is 13.1 Å². The number of fused-ring (bicyclic) bond motifs is 1. The van der Waals surface area contributed by atoms with E-state index in [-0.39, 0.29) is 0 Å². The SMILES string of the molecule is CCCN1CC=C(c2nc3c(C)cc(C)cc3s2)CC1. The van der Waals surface area contributed by atoms with Crippen molar-refractivity contribution in [3.05, 3.63) is 34.3 Å². The molecule has 1 aliphatic rings. The van der Waals surface area contributed by atoms with Crippen LogP contribution in [0, 0.1) is 13.8 Å².